The minimum absolute atomic E-state index is 0.0539. The van der Waals surface area contributed by atoms with Crippen LogP contribution in [0.3, 0.4) is 0 Å². The third-order valence-corrected chi connectivity index (χ3v) is 5.96. The van der Waals surface area contributed by atoms with Crippen molar-refractivity contribution in [2.45, 2.75) is 31.4 Å². The summed E-state index contributed by atoms with van der Waals surface area (Å²) < 4.78 is 7.66. The first kappa shape index (κ1) is 18.5. The lowest BCUT2D eigenvalue weighted by atomic mass is 9.89. The lowest BCUT2D eigenvalue weighted by Gasteiger charge is -2.34. The monoisotopic (exact) mass is 403 g/mol. The lowest BCUT2D eigenvalue weighted by Crippen LogP contribution is -2.45. The molecule has 2 aromatic carbocycles. The molecule has 7 nitrogen and oxygen atoms in total. The number of fused-ring (bicyclic) bond motifs is 2. The third-order valence-electron chi connectivity index (χ3n) is 5.96. The number of aryl methyl sites for hydroxylation is 1. The molecule has 1 amide bonds. The molecule has 1 fully saturated rings. The van der Waals surface area contributed by atoms with Gasteiger partial charge in [0.15, 0.2) is 5.78 Å². The predicted octanol–water partition coefficient (Wildman–Crippen LogP) is 2.42. The highest BCUT2D eigenvalue weighted by molar-refractivity contribution is 6.00. The minimum atomic E-state index is -0.650. The zero-order valence-corrected chi connectivity index (χ0v) is 16.4. The van der Waals surface area contributed by atoms with Gasteiger partial charge in [0.2, 0.25) is 5.91 Å². The van der Waals surface area contributed by atoms with Gasteiger partial charge in [0.05, 0.1) is 35.8 Å². The molecular weight excluding hydrogens is 382 g/mol. The highest BCUT2D eigenvalue weighted by Crippen LogP contribution is 2.38. The van der Waals surface area contributed by atoms with Crippen LogP contribution in [0.2, 0.25) is 0 Å². The number of ether oxygens (including phenoxy) is 1. The molecule has 5 rings (SSSR count). The first-order valence-corrected chi connectivity index (χ1v) is 10.1. The van der Waals surface area contributed by atoms with Crippen molar-refractivity contribution >= 4 is 22.6 Å². The number of aromatic nitrogens is 2. The molecule has 1 unspecified atom stereocenters. The number of ketones is 1. The van der Waals surface area contributed by atoms with E-state index < -0.39 is 5.60 Å². The summed E-state index contributed by atoms with van der Waals surface area (Å²) in [6.45, 7) is 1.19. The SMILES string of the molecule is O=C1CC2(CCN(C(=O)CCn3cnc4ccccc4c3=O)C2)Oc2ccccc21. The Kier molecular flexibility index (Phi) is 4.38. The lowest BCUT2D eigenvalue weighted by molar-refractivity contribution is -0.131. The maximum Gasteiger partial charge on any atom is 0.261 e. The maximum atomic E-state index is 12.8. The summed E-state index contributed by atoms with van der Waals surface area (Å²) >= 11 is 0. The number of nitrogens with zero attached hydrogens (tertiary/aromatic N) is 3. The number of rotatable bonds is 3. The van der Waals surface area contributed by atoms with E-state index in [0.29, 0.717) is 41.7 Å². The molecule has 30 heavy (non-hydrogen) atoms. The minimum Gasteiger partial charge on any atom is -0.484 e. The standard InChI is InChI=1S/C23H21N3O4/c27-19-13-23(30-20-8-4-2-6-17(19)20)10-12-25(14-23)21(28)9-11-26-15-24-18-7-3-1-5-16(18)22(26)29/h1-8,15H,9-14H2. The number of hydrogen-bond donors (Lipinski definition) is 0. The second kappa shape index (κ2) is 7.09. The number of Topliss-reactive ketones (excluding diaryl/α,β-unsaturated/α-hetero) is 1. The normalized spacial score (nSPS) is 20.4. The average molecular weight is 403 g/mol. The Morgan fingerprint density at radius 2 is 1.90 bits per heavy atom. The van der Waals surface area contributed by atoms with Gasteiger partial charge in [0.1, 0.15) is 11.4 Å². The molecule has 7 heteroatoms. The van der Waals surface area contributed by atoms with E-state index in [1.165, 1.54) is 10.9 Å². The van der Waals surface area contributed by atoms with Gasteiger partial charge in [-0.3, -0.25) is 19.0 Å². The second-order valence-corrected chi connectivity index (χ2v) is 7.96. The van der Waals surface area contributed by atoms with Gasteiger partial charge in [-0.05, 0) is 24.3 Å². The van der Waals surface area contributed by atoms with Crippen LogP contribution in [0, 0.1) is 0 Å². The molecule has 152 valence electrons. The Bertz CT molecular complexity index is 1220. The van der Waals surface area contributed by atoms with E-state index in [1.807, 2.05) is 18.2 Å². The van der Waals surface area contributed by atoms with Crippen LogP contribution in [0.25, 0.3) is 10.9 Å². The molecule has 1 aromatic heterocycles. The number of hydrogen-bond acceptors (Lipinski definition) is 5. The van der Waals surface area contributed by atoms with Crippen LogP contribution in [0.1, 0.15) is 29.6 Å². The van der Waals surface area contributed by atoms with Crippen molar-refractivity contribution in [3.63, 3.8) is 0 Å². The van der Waals surface area contributed by atoms with Gasteiger partial charge in [-0.2, -0.15) is 0 Å². The number of carbonyl (C=O) groups is 2. The summed E-state index contributed by atoms with van der Waals surface area (Å²) in [6.07, 6.45) is 2.59. The van der Waals surface area contributed by atoms with Gasteiger partial charge in [0, 0.05) is 25.9 Å². The Hall–Kier alpha value is -3.48. The van der Waals surface area contributed by atoms with Crippen molar-refractivity contribution in [2.24, 2.45) is 0 Å². The molecule has 3 aromatic rings. The fraction of sp³-hybridized carbons (Fsp3) is 0.304. The van der Waals surface area contributed by atoms with Gasteiger partial charge in [-0.25, -0.2) is 4.98 Å². The zero-order valence-electron chi connectivity index (χ0n) is 16.4. The number of benzene rings is 2. The summed E-state index contributed by atoms with van der Waals surface area (Å²) in [5, 5.41) is 0.542. The largest absolute Gasteiger partial charge is 0.484 e. The van der Waals surface area contributed by atoms with Crippen molar-refractivity contribution in [1.29, 1.82) is 0 Å². The Morgan fingerprint density at radius 3 is 2.80 bits per heavy atom. The van der Waals surface area contributed by atoms with Crippen molar-refractivity contribution in [3.8, 4) is 5.75 Å². The van der Waals surface area contributed by atoms with Crippen molar-refractivity contribution in [3.05, 3.63) is 70.8 Å². The summed E-state index contributed by atoms with van der Waals surface area (Å²) in [5.74, 6) is 0.596. The smallest absolute Gasteiger partial charge is 0.261 e. The van der Waals surface area contributed by atoms with E-state index in [2.05, 4.69) is 4.98 Å². The molecule has 3 heterocycles. The molecule has 1 saturated heterocycles. The van der Waals surface area contributed by atoms with Crippen molar-refractivity contribution < 1.29 is 14.3 Å². The fourth-order valence-corrected chi connectivity index (χ4v) is 4.37. The van der Waals surface area contributed by atoms with E-state index in [1.54, 1.807) is 35.2 Å². The van der Waals surface area contributed by atoms with Crippen LogP contribution >= 0.6 is 0 Å². The van der Waals surface area contributed by atoms with E-state index in [-0.39, 0.29) is 36.6 Å². The first-order chi connectivity index (χ1) is 14.5. The van der Waals surface area contributed by atoms with Crippen LogP contribution in [0.4, 0.5) is 0 Å². The highest BCUT2D eigenvalue weighted by atomic mass is 16.5. The topological polar surface area (TPSA) is 81.5 Å². The van der Waals surface area contributed by atoms with Crippen LogP contribution < -0.4 is 10.3 Å². The van der Waals surface area contributed by atoms with E-state index in [0.717, 1.165) is 0 Å². The summed E-state index contributed by atoms with van der Waals surface area (Å²) in [5.41, 5.74) is 0.453. The quantitative estimate of drug-likeness (QED) is 0.671. The van der Waals surface area contributed by atoms with E-state index in [4.69, 9.17) is 4.74 Å². The predicted molar refractivity (Wildman–Crippen MR) is 111 cm³/mol. The van der Waals surface area contributed by atoms with Crippen LogP contribution in [-0.2, 0) is 11.3 Å². The van der Waals surface area contributed by atoms with Gasteiger partial charge < -0.3 is 9.64 Å². The molecule has 2 aliphatic rings. The molecular formula is C23H21N3O4. The Morgan fingerprint density at radius 1 is 1.10 bits per heavy atom. The average Bonchev–Trinajstić information content (AvgIpc) is 3.16. The molecule has 1 atom stereocenters. The van der Waals surface area contributed by atoms with Gasteiger partial charge >= 0.3 is 0 Å². The first-order valence-electron chi connectivity index (χ1n) is 10.1. The Labute approximate surface area is 172 Å². The fourth-order valence-electron chi connectivity index (χ4n) is 4.37. The van der Waals surface area contributed by atoms with Crippen LogP contribution in [0.5, 0.6) is 5.75 Å². The van der Waals surface area contributed by atoms with Gasteiger partial charge in [-0.15, -0.1) is 0 Å². The highest BCUT2D eigenvalue weighted by Gasteiger charge is 2.46. The molecule has 1 spiro atoms. The maximum absolute atomic E-state index is 12.8. The molecule has 0 radical (unpaired) electrons. The zero-order chi connectivity index (χ0) is 20.7. The summed E-state index contributed by atoms with van der Waals surface area (Å²) in [4.78, 5) is 44.0. The third kappa shape index (κ3) is 3.16. The van der Waals surface area contributed by atoms with E-state index >= 15 is 0 Å². The number of amides is 1. The van der Waals surface area contributed by atoms with Gasteiger partial charge in [-0.1, -0.05) is 24.3 Å². The number of likely N-dealkylation sites (tertiary alicyclic amines) is 1. The second-order valence-electron chi connectivity index (χ2n) is 7.96. The van der Waals surface area contributed by atoms with Gasteiger partial charge in [0.25, 0.3) is 5.56 Å². The van der Waals surface area contributed by atoms with Crippen molar-refractivity contribution in [1.82, 2.24) is 14.5 Å². The Balaban J connectivity index is 1.27. The van der Waals surface area contributed by atoms with Crippen LogP contribution in [-0.4, -0.2) is 44.8 Å². The molecule has 0 aliphatic carbocycles. The molecule has 0 N–H and O–H groups in total. The summed E-state index contributed by atoms with van der Waals surface area (Å²) in [6, 6.07) is 14.4. The number of carbonyl (C=O) groups excluding carboxylic acids is 2. The van der Waals surface area contributed by atoms with E-state index in [9.17, 15) is 14.4 Å². The van der Waals surface area contributed by atoms with Crippen LogP contribution in [0.15, 0.2) is 59.7 Å². The van der Waals surface area contributed by atoms with Crippen molar-refractivity contribution in [2.75, 3.05) is 13.1 Å². The number of para-hydroxylation sites is 2. The molecule has 0 bridgehead atoms. The molecule has 0 saturated carbocycles. The molecule has 2 aliphatic heterocycles. The summed E-state index contributed by atoms with van der Waals surface area (Å²) in [7, 11) is 0.